The Morgan fingerprint density at radius 3 is 2.71 bits per heavy atom. The number of amides is 2. The molecule has 21 heavy (non-hydrogen) atoms. The van der Waals surface area contributed by atoms with Crippen molar-refractivity contribution in [3.05, 3.63) is 35.4 Å². The van der Waals surface area contributed by atoms with Crippen molar-refractivity contribution in [1.29, 1.82) is 0 Å². The quantitative estimate of drug-likeness (QED) is 0.833. The smallest absolute Gasteiger partial charge is 0.246 e. The lowest BCUT2D eigenvalue weighted by Crippen LogP contribution is -2.60. The fourth-order valence-electron chi connectivity index (χ4n) is 3.02. The summed E-state index contributed by atoms with van der Waals surface area (Å²) >= 11 is 0. The van der Waals surface area contributed by atoms with Gasteiger partial charge in [0.15, 0.2) is 11.6 Å². The van der Waals surface area contributed by atoms with Crippen LogP contribution in [0.25, 0.3) is 0 Å². The summed E-state index contributed by atoms with van der Waals surface area (Å²) in [5.41, 5.74) is 0.485. The summed E-state index contributed by atoms with van der Waals surface area (Å²) in [6, 6.07) is 3.16. The number of benzene rings is 1. The van der Waals surface area contributed by atoms with Gasteiger partial charge in [-0.15, -0.1) is 0 Å². The minimum absolute atomic E-state index is 0.00826. The van der Waals surface area contributed by atoms with Crippen LogP contribution in [0.4, 0.5) is 8.78 Å². The van der Waals surface area contributed by atoms with Gasteiger partial charge < -0.3 is 9.80 Å². The van der Waals surface area contributed by atoms with E-state index in [1.165, 1.54) is 11.0 Å². The van der Waals surface area contributed by atoms with Crippen LogP contribution in [0.15, 0.2) is 18.2 Å². The highest BCUT2D eigenvalue weighted by Gasteiger charge is 2.40. The van der Waals surface area contributed by atoms with Crippen molar-refractivity contribution in [2.24, 2.45) is 0 Å². The van der Waals surface area contributed by atoms with Gasteiger partial charge in [0.2, 0.25) is 11.8 Å². The second-order valence-corrected chi connectivity index (χ2v) is 5.54. The molecule has 0 radical (unpaired) electrons. The van der Waals surface area contributed by atoms with Crippen molar-refractivity contribution in [1.82, 2.24) is 9.80 Å². The fraction of sp³-hybridized carbons (Fsp3) is 0.467. The molecule has 0 aromatic heterocycles. The third kappa shape index (κ3) is 2.62. The minimum atomic E-state index is -0.942. The summed E-state index contributed by atoms with van der Waals surface area (Å²) in [5.74, 6) is -2.03. The predicted octanol–water partition coefficient (Wildman–Crippen LogP) is 1.69. The number of carbonyl (C=O) groups is 2. The Labute approximate surface area is 121 Å². The first-order valence-corrected chi connectivity index (χ1v) is 7.08. The van der Waals surface area contributed by atoms with Crippen LogP contribution in [0.1, 0.15) is 24.8 Å². The second kappa shape index (κ2) is 5.42. The second-order valence-electron chi connectivity index (χ2n) is 5.54. The molecule has 2 amide bonds. The van der Waals surface area contributed by atoms with E-state index in [2.05, 4.69) is 0 Å². The van der Waals surface area contributed by atoms with Crippen LogP contribution in [0.2, 0.25) is 0 Å². The molecule has 2 saturated heterocycles. The first-order valence-electron chi connectivity index (χ1n) is 7.08. The highest BCUT2D eigenvalue weighted by Crippen LogP contribution is 2.24. The van der Waals surface area contributed by atoms with E-state index in [-0.39, 0.29) is 30.9 Å². The van der Waals surface area contributed by atoms with Crippen LogP contribution in [-0.4, -0.2) is 40.7 Å². The molecule has 0 spiro atoms. The summed E-state index contributed by atoms with van der Waals surface area (Å²) in [6.45, 7) is 0.773. The van der Waals surface area contributed by atoms with E-state index >= 15 is 0 Å². The topological polar surface area (TPSA) is 40.6 Å². The van der Waals surface area contributed by atoms with Crippen molar-refractivity contribution in [2.75, 3.05) is 13.1 Å². The number of rotatable bonds is 2. The average molecular weight is 294 g/mol. The Hall–Kier alpha value is -1.98. The molecule has 3 rings (SSSR count). The number of nitrogens with zero attached hydrogens (tertiary/aromatic N) is 2. The molecular weight excluding hydrogens is 278 g/mol. The van der Waals surface area contributed by atoms with Gasteiger partial charge in [0.25, 0.3) is 0 Å². The Bertz CT molecular complexity index is 591. The van der Waals surface area contributed by atoms with Gasteiger partial charge in [0.05, 0.1) is 0 Å². The minimum Gasteiger partial charge on any atom is -0.329 e. The van der Waals surface area contributed by atoms with E-state index in [1.807, 2.05) is 0 Å². The normalized spacial score (nSPS) is 22.5. The van der Waals surface area contributed by atoms with Crippen LogP contribution < -0.4 is 0 Å². The zero-order chi connectivity index (χ0) is 15.0. The first kappa shape index (κ1) is 14.0. The molecule has 1 unspecified atom stereocenters. The molecule has 0 bridgehead atoms. The van der Waals surface area contributed by atoms with E-state index in [0.29, 0.717) is 18.5 Å². The van der Waals surface area contributed by atoms with Crippen LogP contribution in [0, 0.1) is 11.6 Å². The molecule has 1 atom stereocenters. The maximum absolute atomic E-state index is 13.2. The molecule has 0 N–H and O–H groups in total. The number of hydrogen-bond acceptors (Lipinski definition) is 2. The summed E-state index contributed by atoms with van der Waals surface area (Å²) in [7, 11) is 0. The molecule has 2 aliphatic heterocycles. The third-order valence-corrected chi connectivity index (χ3v) is 4.10. The van der Waals surface area contributed by atoms with E-state index in [4.69, 9.17) is 0 Å². The van der Waals surface area contributed by atoms with Gasteiger partial charge >= 0.3 is 0 Å². The zero-order valence-electron chi connectivity index (χ0n) is 11.5. The highest BCUT2D eigenvalue weighted by molar-refractivity contribution is 5.95. The maximum atomic E-state index is 13.2. The van der Waals surface area contributed by atoms with Crippen molar-refractivity contribution in [3.8, 4) is 0 Å². The van der Waals surface area contributed by atoms with Gasteiger partial charge in [0.1, 0.15) is 12.6 Å². The summed E-state index contributed by atoms with van der Waals surface area (Å²) in [6.07, 6.45) is 2.54. The standard InChI is InChI=1S/C15H16F2N2O2/c16-11-5-4-10(7-12(11)17)8-18-9-14(20)19-6-2-1-3-13(19)15(18)21/h4-5,7,13H,1-3,6,8-9H2. The summed E-state index contributed by atoms with van der Waals surface area (Å²) in [4.78, 5) is 27.6. The number of fused-ring (bicyclic) bond motifs is 1. The number of halogens is 2. The predicted molar refractivity (Wildman–Crippen MR) is 71.1 cm³/mol. The van der Waals surface area contributed by atoms with Gasteiger partial charge in [-0.2, -0.15) is 0 Å². The van der Waals surface area contributed by atoms with Crippen molar-refractivity contribution < 1.29 is 18.4 Å². The number of piperidine rings is 1. The largest absolute Gasteiger partial charge is 0.329 e. The molecule has 0 aliphatic carbocycles. The Morgan fingerprint density at radius 1 is 1.14 bits per heavy atom. The molecule has 2 aliphatic rings. The van der Waals surface area contributed by atoms with E-state index in [1.54, 1.807) is 4.90 Å². The highest BCUT2D eigenvalue weighted by atomic mass is 19.2. The maximum Gasteiger partial charge on any atom is 0.246 e. The molecule has 2 heterocycles. The third-order valence-electron chi connectivity index (χ3n) is 4.10. The lowest BCUT2D eigenvalue weighted by Gasteiger charge is -2.42. The van der Waals surface area contributed by atoms with Gasteiger partial charge in [-0.1, -0.05) is 6.07 Å². The molecule has 2 fully saturated rings. The lowest BCUT2D eigenvalue weighted by atomic mass is 9.98. The van der Waals surface area contributed by atoms with E-state index in [0.717, 1.165) is 25.0 Å². The van der Waals surface area contributed by atoms with Crippen LogP contribution in [0.3, 0.4) is 0 Å². The number of hydrogen-bond donors (Lipinski definition) is 0. The fourth-order valence-corrected chi connectivity index (χ4v) is 3.02. The summed E-state index contributed by atoms with van der Waals surface area (Å²) in [5, 5.41) is 0. The Kier molecular flexibility index (Phi) is 3.61. The SMILES string of the molecule is O=C1C2CCCCN2C(=O)CN1Cc1ccc(F)c(F)c1. The van der Waals surface area contributed by atoms with Crippen molar-refractivity contribution in [2.45, 2.75) is 31.8 Å². The average Bonchev–Trinajstić information content (AvgIpc) is 2.48. The molecule has 4 nitrogen and oxygen atoms in total. The summed E-state index contributed by atoms with van der Waals surface area (Å²) < 4.78 is 26.1. The monoisotopic (exact) mass is 294 g/mol. The van der Waals surface area contributed by atoms with Gasteiger partial charge in [-0.25, -0.2) is 8.78 Å². The Balaban J connectivity index is 1.77. The number of piperazine rings is 1. The lowest BCUT2D eigenvalue weighted by molar-refractivity contribution is -0.158. The van der Waals surface area contributed by atoms with Crippen LogP contribution in [0.5, 0.6) is 0 Å². The van der Waals surface area contributed by atoms with Crippen molar-refractivity contribution >= 4 is 11.8 Å². The molecule has 1 aromatic carbocycles. The van der Waals surface area contributed by atoms with Crippen LogP contribution in [-0.2, 0) is 16.1 Å². The Morgan fingerprint density at radius 2 is 1.95 bits per heavy atom. The van der Waals surface area contributed by atoms with Crippen molar-refractivity contribution in [3.63, 3.8) is 0 Å². The number of carbonyl (C=O) groups excluding carboxylic acids is 2. The molecular formula is C15H16F2N2O2. The van der Waals surface area contributed by atoms with Crippen LogP contribution >= 0.6 is 0 Å². The zero-order valence-corrected chi connectivity index (χ0v) is 11.5. The molecule has 1 aromatic rings. The molecule has 112 valence electrons. The van der Waals surface area contributed by atoms with Gasteiger partial charge in [-0.3, -0.25) is 9.59 Å². The van der Waals surface area contributed by atoms with E-state index in [9.17, 15) is 18.4 Å². The van der Waals surface area contributed by atoms with Gasteiger partial charge in [-0.05, 0) is 37.0 Å². The van der Waals surface area contributed by atoms with E-state index < -0.39 is 11.6 Å². The molecule has 6 heteroatoms. The van der Waals surface area contributed by atoms with Gasteiger partial charge in [0, 0.05) is 13.1 Å². The first-order chi connectivity index (χ1) is 10.1. The molecule has 0 saturated carbocycles.